The fraction of sp³-hybridized carbons (Fsp3) is 0.333. The molecule has 74 valence electrons. The van der Waals surface area contributed by atoms with Crippen molar-refractivity contribution in [1.29, 1.82) is 5.26 Å². The monoisotopic (exact) mass is 215 g/mol. The number of thiophene rings is 1. The van der Waals surface area contributed by atoms with Crippen LogP contribution in [0.2, 0.25) is 0 Å². The Kier molecular flexibility index (Phi) is 2.58. The minimum Gasteiger partial charge on any atom is -0.294 e. The highest BCUT2D eigenvalue weighted by Crippen LogP contribution is 2.34. The smallest absolute Gasteiger partial charge is 0.165 e. The molecule has 1 heterocycles. The first-order valence-corrected chi connectivity index (χ1v) is 5.60. The highest BCUT2D eigenvalue weighted by molar-refractivity contribution is 7.13. The average Bonchev–Trinajstić information content (AvgIpc) is 2.95. The summed E-state index contributed by atoms with van der Waals surface area (Å²) in [5.41, 5.74) is 0.516. The fourth-order valence-corrected chi connectivity index (χ4v) is 2.23. The standard InChI is InChI=1S/C12H9NOS/c1-2-9-6-10(12(7-13)15-9)11(14)5-8-3-4-8/h1,6,8H,3-5H2. The van der Waals surface area contributed by atoms with Crippen molar-refractivity contribution < 1.29 is 4.79 Å². The van der Waals surface area contributed by atoms with Crippen molar-refractivity contribution in [2.75, 3.05) is 0 Å². The topological polar surface area (TPSA) is 40.9 Å². The molecule has 0 amide bonds. The van der Waals surface area contributed by atoms with Gasteiger partial charge in [-0.1, -0.05) is 5.92 Å². The highest BCUT2D eigenvalue weighted by atomic mass is 32.1. The van der Waals surface area contributed by atoms with E-state index in [0.29, 0.717) is 27.7 Å². The second kappa shape index (κ2) is 3.88. The quantitative estimate of drug-likeness (QED) is 0.574. The van der Waals surface area contributed by atoms with Gasteiger partial charge in [0.05, 0.1) is 4.88 Å². The maximum Gasteiger partial charge on any atom is 0.165 e. The van der Waals surface area contributed by atoms with E-state index in [1.807, 2.05) is 6.07 Å². The molecule has 0 radical (unpaired) electrons. The zero-order chi connectivity index (χ0) is 10.8. The lowest BCUT2D eigenvalue weighted by molar-refractivity contribution is 0.0976. The van der Waals surface area contributed by atoms with Gasteiger partial charge in [-0.25, -0.2) is 0 Å². The van der Waals surface area contributed by atoms with Gasteiger partial charge in [-0.3, -0.25) is 4.79 Å². The molecule has 2 rings (SSSR count). The van der Waals surface area contributed by atoms with E-state index >= 15 is 0 Å². The Balaban J connectivity index is 2.26. The number of carbonyl (C=O) groups excluding carboxylic acids is 1. The summed E-state index contributed by atoms with van der Waals surface area (Å²) in [5.74, 6) is 3.06. The lowest BCUT2D eigenvalue weighted by Gasteiger charge is -1.95. The molecule has 1 fully saturated rings. The van der Waals surface area contributed by atoms with Gasteiger partial charge in [-0.2, -0.15) is 5.26 Å². The maximum absolute atomic E-state index is 11.8. The van der Waals surface area contributed by atoms with Crippen LogP contribution in [-0.2, 0) is 0 Å². The molecule has 1 aromatic heterocycles. The van der Waals surface area contributed by atoms with Crippen LogP contribution in [0.15, 0.2) is 6.07 Å². The molecule has 3 heteroatoms. The van der Waals surface area contributed by atoms with Crippen LogP contribution in [0.1, 0.15) is 39.4 Å². The van der Waals surface area contributed by atoms with E-state index in [0.717, 1.165) is 12.8 Å². The van der Waals surface area contributed by atoms with Crippen LogP contribution >= 0.6 is 11.3 Å². The van der Waals surface area contributed by atoms with Gasteiger partial charge in [0, 0.05) is 12.0 Å². The Morgan fingerprint density at radius 3 is 2.93 bits per heavy atom. The van der Waals surface area contributed by atoms with Gasteiger partial charge in [0.1, 0.15) is 10.9 Å². The molecule has 0 aliphatic heterocycles. The largest absolute Gasteiger partial charge is 0.294 e. The number of nitrogens with zero attached hydrogens (tertiary/aromatic N) is 1. The van der Waals surface area contributed by atoms with Gasteiger partial charge in [-0.15, -0.1) is 17.8 Å². The van der Waals surface area contributed by atoms with Gasteiger partial charge < -0.3 is 0 Å². The number of Topliss-reactive ketones (excluding diaryl/α,β-unsaturated/α-hetero) is 1. The minimum absolute atomic E-state index is 0.0619. The Labute approximate surface area is 92.5 Å². The normalized spacial score (nSPS) is 14.3. The number of ketones is 1. The van der Waals surface area contributed by atoms with E-state index in [1.165, 1.54) is 11.3 Å². The molecule has 0 spiro atoms. The maximum atomic E-state index is 11.8. The van der Waals surface area contributed by atoms with Gasteiger partial charge in [-0.05, 0) is 24.8 Å². The fourth-order valence-electron chi connectivity index (χ4n) is 1.45. The molecule has 1 saturated carbocycles. The summed E-state index contributed by atoms with van der Waals surface area (Å²) >= 11 is 1.22. The number of carbonyl (C=O) groups is 1. The molecule has 1 aromatic rings. The summed E-state index contributed by atoms with van der Waals surface area (Å²) < 4.78 is 0. The second-order valence-corrected chi connectivity index (χ2v) is 4.73. The molecule has 0 unspecified atom stereocenters. The van der Waals surface area contributed by atoms with Gasteiger partial charge in [0.2, 0.25) is 0 Å². The zero-order valence-corrected chi connectivity index (χ0v) is 8.93. The van der Waals surface area contributed by atoms with E-state index in [-0.39, 0.29) is 5.78 Å². The summed E-state index contributed by atoms with van der Waals surface area (Å²) in [4.78, 5) is 12.9. The van der Waals surface area contributed by atoms with Crippen molar-refractivity contribution in [1.82, 2.24) is 0 Å². The number of terminal acetylenes is 1. The van der Waals surface area contributed by atoms with Crippen LogP contribution in [0.4, 0.5) is 0 Å². The summed E-state index contributed by atoms with van der Waals surface area (Å²) in [5, 5.41) is 8.87. The van der Waals surface area contributed by atoms with E-state index in [1.54, 1.807) is 6.07 Å². The summed E-state index contributed by atoms with van der Waals surface area (Å²) in [6.07, 6.45) is 8.08. The third kappa shape index (κ3) is 2.09. The van der Waals surface area contributed by atoms with Crippen LogP contribution < -0.4 is 0 Å². The molecule has 0 aromatic carbocycles. The number of rotatable bonds is 3. The van der Waals surface area contributed by atoms with Crippen LogP contribution in [0.5, 0.6) is 0 Å². The molecule has 0 N–H and O–H groups in total. The molecule has 1 aliphatic rings. The van der Waals surface area contributed by atoms with Crippen LogP contribution in [-0.4, -0.2) is 5.78 Å². The first kappa shape index (κ1) is 9.96. The highest BCUT2D eigenvalue weighted by Gasteiger charge is 2.26. The van der Waals surface area contributed by atoms with Crippen molar-refractivity contribution in [3.8, 4) is 18.4 Å². The van der Waals surface area contributed by atoms with E-state index in [4.69, 9.17) is 11.7 Å². The molecule has 0 bridgehead atoms. The van der Waals surface area contributed by atoms with E-state index < -0.39 is 0 Å². The lowest BCUT2D eigenvalue weighted by atomic mass is 10.1. The summed E-state index contributed by atoms with van der Waals surface area (Å²) in [7, 11) is 0. The average molecular weight is 215 g/mol. The SMILES string of the molecule is C#Cc1cc(C(=O)CC2CC2)c(C#N)s1. The van der Waals surface area contributed by atoms with Crippen molar-refractivity contribution >= 4 is 17.1 Å². The number of hydrogen-bond acceptors (Lipinski definition) is 3. The van der Waals surface area contributed by atoms with Crippen molar-refractivity contribution in [3.05, 3.63) is 21.4 Å². The second-order valence-electron chi connectivity index (χ2n) is 3.68. The first-order chi connectivity index (χ1) is 7.24. The Hall–Kier alpha value is -1.58. The van der Waals surface area contributed by atoms with E-state index in [2.05, 4.69) is 5.92 Å². The van der Waals surface area contributed by atoms with Crippen molar-refractivity contribution in [3.63, 3.8) is 0 Å². The number of hydrogen-bond donors (Lipinski definition) is 0. The first-order valence-electron chi connectivity index (χ1n) is 4.78. The van der Waals surface area contributed by atoms with Crippen LogP contribution in [0, 0.1) is 29.6 Å². The van der Waals surface area contributed by atoms with Crippen LogP contribution in [0.25, 0.3) is 0 Å². The predicted octanol–water partition coefficient (Wildman–Crippen LogP) is 2.58. The molecule has 2 nitrogen and oxygen atoms in total. The molecule has 0 atom stereocenters. The zero-order valence-electron chi connectivity index (χ0n) is 8.12. The summed E-state index contributed by atoms with van der Waals surface area (Å²) in [6, 6.07) is 3.69. The third-order valence-corrected chi connectivity index (χ3v) is 3.42. The third-order valence-electron chi connectivity index (χ3n) is 2.45. The van der Waals surface area contributed by atoms with Gasteiger partial charge in [0.25, 0.3) is 0 Å². The minimum atomic E-state index is 0.0619. The Morgan fingerprint density at radius 2 is 2.40 bits per heavy atom. The van der Waals surface area contributed by atoms with Crippen LogP contribution in [0.3, 0.4) is 0 Å². The number of nitriles is 1. The van der Waals surface area contributed by atoms with Gasteiger partial charge >= 0.3 is 0 Å². The predicted molar refractivity (Wildman–Crippen MR) is 58.6 cm³/mol. The Bertz CT molecular complexity index is 483. The Morgan fingerprint density at radius 1 is 1.67 bits per heavy atom. The molecule has 1 aliphatic carbocycles. The molecule has 15 heavy (non-hydrogen) atoms. The van der Waals surface area contributed by atoms with Crippen molar-refractivity contribution in [2.45, 2.75) is 19.3 Å². The summed E-state index contributed by atoms with van der Waals surface area (Å²) in [6.45, 7) is 0. The lowest BCUT2D eigenvalue weighted by Crippen LogP contribution is -2.00. The van der Waals surface area contributed by atoms with Crippen molar-refractivity contribution in [2.24, 2.45) is 5.92 Å². The molecular weight excluding hydrogens is 206 g/mol. The van der Waals surface area contributed by atoms with E-state index in [9.17, 15) is 4.79 Å². The molecular formula is C12H9NOS. The molecule has 0 saturated heterocycles. The van der Waals surface area contributed by atoms with Gasteiger partial charge in [0.15, 0.2) is 5.78 Å².